The Morgan fingerprint density at radius 3 is 2.74 bits per heavy atom. The molecule has 0 bridgehead atoms. The van der Waals surface area contributed by atoms with Crippen molar-refractivity contribution in [3.05, 3.63) is 40.3 Å². The van der Waals surface area contributed by atoms with E-state index in [9.17, 15) is 9.59 Å². The molecule has 1 heterocycles. The topological polar surface area (TPSA) is 95.4 Å². The Labute approximate surface area is 134 Å². The van der Waals surface area contributed by atoms with Crippen LogP contribution < -0.4 is 4.90 Å². The third kappa shape index (κ3) is 4.47. The van der Waals surface area contributed by atoms with Gasteiger partial charge >= 0.3 is 6.09 Å². The lowest BCUT2D eigenvalue weighted by molar-refractivity contribution is -0.118. The van der Waals surface area contributed by atoms with Crippen LogP contribution in [-0.4, -0.2) is 30.1 Å². The van der Waals surface area contributed by atoms with E-state index in [0.29, 0.717) is 5.69 Å². The molecule has 0 radical (unpaired) electrons. The first-order valence-electron chi connectivity index (χ1n) is 7.44. The van der Waals surface area contributed by atoms with Crippen LogP contribution in [0.4, 0.5) is 10.5 Å². The minimum absolute atomic E-state index is 0.0151. The predicted molar refractivity (Wildman–Crippen MR) is 86.3 cm³/mol. The molecule has 2 rings (SSSR count). The number of ketones is 1. The van der Waals surface area contributed by atoms with E-state index in [1.54, 1.807) is 32.9 Å². The molecule has 0 fully saturated rings. The van der Waals surface area contributed by atoms with Crippen molar-refractivity contribution in [1.29, 1.82) is 0 Å². The Kier molecular flexibility index (Phi) is 4.91. The number of para-hydroxylation sites is 1. The Morgan fingerprint density at radius 2 is 2.09 bits per heavy atom. The fourth-order valence-electron chi connectivity index (χ4n) is 2.48. The summed E-state index contributed by atoms with van der Waals surface area (Å²) in [6.07, 6.45) is -0.206. The normalized spacial score (nSPS) is 18.3. The molecule has 1 aliphatic rings. The van der Waals surface area contributed by atoms with Gasteiger partial charge in [-0.3, -0.25) is 9.69 Å². The summed E-state index contributed by atoms with van der Waals surface area (Å²) < 4.78 is 5.45. The fraction of sp³-hybridized carbons (Fsp3) is 0.500. The Balaban J connectivity index is 2.42. The van der Waals surface area contributed by atoms with Crippen molar-refractivity contribution in [3.8, 4) is 0 Å². The van der Waals surface area contributed by atoms with Crippen LogP contribution in [0.3, 0.4) is 0 Å². The fourth-order valence-corrected chi connectivity index (χ4v) is 2.48. The first kappa shape index (κ1) is 16.8. The molecule has 0 saturated carbocycles. The van der Waals surface area contributed by atoms with E-state index >= 15 is 0 Å². The number of carbonyl (C=O) groups is 2. The van der Waals surface area contributed by atoms with E-state index in [4.69, 9.17) is 10.3 Å². The maximum atomic E-state index is 12.6. The molecule has 1 amide bonds. The number of Topliss-reactive ketones (excluding diaryl/α,β-unsaturated/α-hetero) is 1. The van der Waals surface area contributed by atoms with E-state index in [1.165, 1.54) is 4.90 Å². The quantitative estimate of drug-likeness (QED) is 0.449. The summed E-state index contributed by atoms with van der Waals surface area (Å²) in [5, 5.41) is 3.65. The van der Waals surface area contributed by atoms with E-state index in [1.807, 2.05) is 12.1 Å². The summed E-state index contributed by atoms with van der Waals surface area (Å²) in [7, 11) is 0. The number of amides is 1. The molecular weight excluding hydrogens is 296 g/mol. The van der Waals surface area contributed by atoms with Gasteiger partial charge < -0.3 is 4.74 Å². The summed E-state index contributed by atoms with van der Waals surface area (Å²) in [6, 6.07) is 6.61. The van der Waals surface area contributed by atoms with E-state index in [-0.39, 0.29) is 25.2 Å². The lowest BCUT2D eigenvalue weighted by Crippen LogP contribution is -2.42. The zero-order chi connectivity index (χ0) is 17.0. The van der Waals surface area contributed by atoms with Crippen LogP contribution in [0.25, 0.3) is 10.4 Å². The molecule has 1 unspecified atom stereocenters. The number of anilines is 1. The third-order valence-electron chi connectivity index (χ3n) is 3.36. The minimum Gasteiger partial charge on any atom is -0.443 e. The second-order valence-corrected chi connectivity index (χ2v) is 6.50. The van der Waals surface area contributed by atoms with Crippen LogP contribution in [0, 0.1) is 0 Å². The maximum absolute atomic E-state index is 12.6. The number of ether oxygens (including phenoxy) is 1. The van der Waals surface area contributed by atoms with Gasteiger partial charge in [0.1, 0.15) is 11.4 Å². The van der Waals surface area contributed by atoms with Gasteiger partial charge in [-0.2, -0.15) is 0 Å². The van der Waals surface area contributed by atoms with Crippen LogP contribution >= 0.6 is 0 Å². The predicted octanol–water partition coefficient (Wildman–Crippen LogP) is 3.62. The molecule has 0 aromatic heterocycles. The number of hydrogen-bond donors (Lipinski definition) is 0. The van der Waals surface area contributed by atoms with Gasteiger partial charge in [0.2, 0.25) is 0 Å². The molecule has 1 aliphatic heterocycles. The molecule has 7 heteroatoms. The van der Waals surface area contributed by atoms with Gasteiger partial charge in [0.15, 0.2) is 0 Å². The average Bonchev–Trinajstić information content (AvgIpc) is 2.42. The van der Waals surface area contributed by atoms with Gasteiger partial charge in [-0.05, 0) is 37.9 Å². The number of carbonyl (C=O) groups excluding carboxylic acids is 2. The number of hydrogen-bond acceptors (Lipinski definition) is 4. The highest BCUT2D eigenvalue weighted by molar-refractivity contribution is 5.92. The van der Waals surface area contributed by atoms with Gasteiger partial charge in [0, 0.05) is 24.3 Å². The van der Waals surface area contributed by atoms with Crippen molar-refractivity contribution < 1.29 is 14.3 Å². The molecule has 1 aromatic rings. The molecule has 1 atom stereocenters. The first-order valence-corrected chi connectivity index (χ1v) is 7.44. The monoisotopic (exact) mass is 316 g/mol. The van der Waals surface area contributed by atoms with Gasteiger partial charge in [0.05, 0.1) is 11.7 Å². The highest BCUT2D eigenvalue weighted by atomic mass is 16.6. The molecule has 0 aliphatic carbocycles. The zero-order valence-electron chi connectivity index (χ0n) is 13.5. The number of rotatable bonds is 1. The SMILES string of the molecule is CC(C)(C)OC(=O)N1CC(N=[N+]=[N-])CC(=O)Cc2ccccc21. The minimum atomic E-state index is -0.641. The van der Waals surface area contributed by atoms with Gasteiger partial charge in [-0.25, -0.2) is 4.79 Å². The van der Waals surface area contributed by atoms with Gasteiger partial charge in [0.25, 0.3) is 0 Å². The lowest BCUT2D eigenvalue weighted by Gasteiger charge is -2.31. The highest BCUT2D eigenvalue weighted by Crippen LogP contribution is 2.27. The van der Waals surface area contributed by atoms with Crippen LogP contribution in [-0.2, 0) is 16.0 Å². The number of azide groups is 1. The maximum Gasteiger partial charge on any atom is 0.414 e. The van der Waals surface area contributed by atoms with E-state index in [2.05, 4.69) is 10.0 Å². The summed E-state index contributed by atoms with van der Waals surface area (Å²) in [4.78, 5) is 28.9. The van der Waals surface area contributed by atoms with Gasteiger partial charge in [-0.1, -0.05) is 23.3 Å². The van der Waals surface area contributed by atoms with Gasteiger partial charge in [-0.15, -0.1) is 0 Å². The number of nitrogens with zero attached hydrogens (tertiary/aromatic N) is 4. The molecule has 0 saturated heterocycles. The molecular formula is C16H20N4O3. The Bertz CT molecular complexity index is 660. The van der Waals surface area contributed by atoms with E-state index < -0.39 is 17.7 Å². The first-order chi connectivity index (χ1) is 10.8. The van der Waals surface area contributed by atoms with Crippen molar-refractivity contribution in [1.82, 2.24) is 0 Å². The molecule has 23 heavy (non-hydrogen) atoms. The molecule has 1 aromatic carbocycles. The van der Waals surface area contributed by atoms with Crippen molar-refractivity contribution in [2.24, 2.45) is 5.11 Å². The van der Waals surface area contributed by atoms with Crippen LogP contribution in [0.15, 0.2) is 29.4 Å². The van der Waals surface area contributed by atoms with Crippen LogP contribution in [0.2, 0.25) is 0 Å². The van der Waals surface area contributed by atoms with Crippen LogP contribution in [0.5, 0.6) is 0 Å². The standard InChI is InChI=1S/C16H20N4O3/c1-16(2,3)23-15(22)20-10-12(18-19-17)9-13(21)8-11-6-4-5-7-14(11)20/h4-7,12H,8-10H2,1-3H3. The number of fused-ring (bicyclic) bond motifs is 1. The second-order valence-electron chi connectivity index (χ2n) is 6.50. The van der Waals surface area contributed by atoms with Crippen molar-refractivity contribution >= 4 is 17.6 Å². The number of benzene rings is 1. The lowest BCUT2D eigenvalue weighted by atomic mass is 9.98. The molecule has 122 valence electrons. The summed E-state index contributed by atoms with van der Waals surface area (Å²) in [5.41, 5.74) is 9.43. The molecule has 7 nitrogen and oxygen atoms in total. The van der Waals surface area contributed by atoms with Crippen molar-refractivity contribution in [3.63, 3.8) is 0 Å². The second kappa shape index (κ2) is 6.71. The van der Waals surface area contributed by atoms with Crippen molar-refractivity contribution in [2.45, 2.75) is 45.3 Å². The smallest absolute Gasteiger partial charge is 0.414 e. The summed E-state index contributed by atoms with van der Waals surface area (Å²) in [5.74, 6) is -0.0151. The zero-order valence-corrected chi connectivity index (χ0v) is 13.5. The largest absolute Gasteiger partial charge is 0.443 e. The summed E-state index contributed by atoms with van der Waals surface area (Å²) in [6.45, 7) is 5.47. The highest BCUT2D eigenvalue weighted by Gasteiger charge is 2.30. The third-order valence-corrected chi connectivity index (χ3v) is 3.36. The molecule has 0 spiro atoms. The van der Waals surface area contributed by atoms with Crippen molar-refractivity contribution in [2.75, 3.05) is 11.4 Å². The van der Waals surface area contributed by atoms with E-state index in [0.717, 1.165) is 5.56 Å². The molecule has 0 N–H and O–H groups in total. The summed E-state index contributed by atoms with van der Waals surface area (Å²) >= 11 is 0. The Morgan fingerprint density at radius 1 is 1.39 bits per heavy atom. The Hall–Kier alpha value is -2.53. The van der Waals surface area contributed by atoms with Crippen LogP contribution in [0.1, 0.15) is 32.8 Å². The average molecular weight is 316 g/mol.